The second kappa shape index (κ2) is 6.70. The SMILES string of the molecule is Cc1ccc(C)c(S(=O)(=O)NC2CCNCC2)c1.Cl. The maximum absolute atomic E-state index is 12.3. The lowest BCUT2D eigenvalue weighted by atomic mass is 10.1. The van der Waals surface area contributed by atoms with Gasteiger partial charge in [-0.3, -0.25) is 0 Å². The molecule has 1 aromatic rings. The quantitative estimate of drug-likeness (QED) is 0.894. The van der Waals surface area contributed by atoms with Crippen molar-refractivity contribution in [3.8, 4) is 0 Å². The summed E-state index contributed by atoms with van der Waals surface area (Å²) in [4.78, 5) is 0.404. The standard InChI is InChI=1S/C13H20N2O2S.ClH/c1-10-3-4-11(2)13(9-10)18(16,17)15-12-5-7-14-8-6-12;/h3-4,9,12,14-15H,5-8H2,1-2H3;1H. The van der Waals surface area contributed by atoms with Crippen LogP contribution in [0.2, 0.25) is 0 Å². The number of benzene rings is 1. The summed E-state index contributed by atoms with van der Waals surface area (Å²) in [5, 5.41) is 3.23. The van der Waals surface area contributed by atoms with Gasteiger partial charge < -0.3 is 5.32 Å². The zero-order valence-electron chi connectivity index (χ0n) is 11.3. The molecule has 19 heavy (non-hydrogen) atoms. The molecule has 1 aliphatic rings. The molecule has 0 atom stereocenters. The van der Waals surface area contributed by atoms with Crippen molar-refractivity contribution in [1.82, 2.24) is 10.0 Å². The third kappa shape index (κ3) is 4.18. The first-order chi connectivity index (χ1) is 8.49. The van der Waals surface area contributed by atoms with E-state index in [1.165, 1.54) is 0 Å². The van der Waals surface area contributed by atoms with Gasteiger partial charge in [0.15, 0.2) is 0 Å². The molecule has 2 rings (SSSR count). The minimum Gasteiger partial charge on any atom is -0.317 e. The van der Waals surface area contributed by atoms with Gasteiger partial charge in [0.1, 0.15) is 0 Å². The zero-order chi connectivity index (χ0) is 13.2. The van der Waals surface area contributed by atoms with Crippen LogP contribution < -0.4 is 10.0 Å². The van der Waals surface area contributed by atoms with Gasteiger partial charge in [-0.15, -0.1) is 12.4 Å². The molecular formula is C13H21ClN2O2S. The molecule has 0 spiro atoms. The maximum Gasteiger partial charge on any atom is 0.241 e. The molecule has 0 amide bonds. The van der Waals surface area contributed by atoms with Crippen molar-refractivity contribution >= 4 is 22.4 Å². The lowest BCUT2D eigenvalue weighted by Crippen LogP contribution is -2.42. The highest BCUT2D eigenvalue weighted by atomic mass is 35.5. The highest BCUT2D eigenvalue weighted by Gasteiger charge is 2.22. The van der Waals surface area contributed by atoms with Crippen molar-refractivity contribution in [2.24, 2.45) is 0 Å². The van der Waals surface area contributed by atoms with Crippen molar-refractivity contribution in [2.45, 2.75) is 37.6 Å². The number of piperidine rings is 1. The summed E-state index contributed by atoms with van der Waals surface area (Å²) in [7, 11) is -3.39. The van der Waals surface area contributed by atoms with E-state index in [4.69, 9.17) is 0 Å². The Kier molecular flexibility index (Phi) is 5.80. The van der Waals surface area contributed by atoms with Crippen molar-refractivity contribution in [3.05, 3.63) is 29.3 Å². The topological polar surface area (TPSA) is 58.2 Å². The molecule has 6 heteroatoms. The minimum atomic E-state index is -3.39. The molecular weight excluding hydrogens is 284 g/mol. The van der Waals surface area contributed by atoms with E-state index in [0.717, 1.165) is 37.1 Å². The van der Waals surface area contributed by atoms with E-state index in [9.17, 15) is 8.42 Å². The van der Waals surface area contributed by atoms with E-state index in [2.05, 4.69) is 10.0 Å². The first-order valence-corrected chi connectivity index (χ1v) is 7.78. The predicted octanol–water partition coefficient (Wildman–Crippen LogP) is 1.76. The first-order valence-electron chi connectivity index (χ1n) is 6.29. The molecule has 2 N–H and O–H groups in total. The Morgan fingerprint density at radius 3 is 2.47 bits per heavy atom. The summed E-state index contributed by atoms with van der Waals surface area (Å²) in [5.74, 6) is 0. The Morgan fingerprint density at radius 1 is 1.21 bits per heavy atom. The van der Waals surface area contributed by atoms with Crippen LogP contribution >= 0.6 is 12.4 Å². The van der Waals surface area contributed by atoms with Gasteiger partial charge in [0.05, 0.1) is 4.90 Å². The number of hydrogen-bond donors (Lipinski definition) is 2. The Hall–Kier alpha value is -0.620. The molecule has 0 radical (unpaired) electrons. The highest BCUT2D eigenvalue weighted by Crippen LogP contribution is 2.18. The summed E-state index contributed by atoms with van der Waals surface area (Å²) in [6, 6.07) is 5.57. The average Bonchev–Trinajstić information content (AvgIpc) is 2.33. The number of sulfonamides is 1. The van der Waals surface area contributed by atoms with Crippen molar-refractivity contribution < 1.29 is 8.42 Å². The molecule has 1 aliphatic heterocycles. The van der Waals surface area contributed by atoms with Crippen molar-refractivity contribution in [1.29, 1.82) is 0 Å². The van der Waals surface area contributed by atoms with Crippen molar-refractivity contribution in [2.75, 3.05) is 13.1 Å². The normalized spacial score (nSPS) is 16.9. The smallest absolute Gasteiger partial charge is 0.241 e. The van der Waals surface area contributed by atoms with Crippen LogP contribution in [0.5, 0.6) is 0 Å². The molecule has 4 nitrogen and oxygen atoms in total. The molecule has 0 saturated carbocycles. The molecule has 0 bridgehead atoms. The molecule has 1 aromatic carbocycles. The summed E-state index contributed by atoms with van der Waals surface area (Å²) in [5.41, 5.74) is 1.76. The fourth-order valence-corrected chi connectivity index (χ4v) is 3.85. The summed E-state index contributed by atoms with van der Waals surface area (Å²) >= 11 is 0. The first kappa shape index (κ1) is 16.4. The van der Waals surface area contributed by atoms with Crippen LogP contribution in [-0.2, 0) is 10.0 Å². The number of rotatable bonds is 3. The fraction of sp³-hybridized carbons (Fsp3) is 0.538. The highest BCUT2D eigenvalue weighted by molar-refractivity contribution is 7.89. The number of hydrogen-bond acceptors (Lipinski definition) is 3. The fourth-order valence-electron chi connectivity index (χ4n) is 2.22. The van der Waals surface area contributed by atoms with Gasteiger partial charge >= 0.3 is 0 Å². The van der Waals surface area contributed by atoms with Crippen LogP contribution in [0.4, 0.5) is 0 Å². The van der Waals surface area contributed by atoms with E-state index < -0.39 is 10.0 Å². The maximum atomic E-state index is 12.3. The van der Waals surface area contributed by atoms with Gasteiger partial charge in [-0.25, -0.2) is 13.1 Å². The van der Waals surface area contributed by atoms with E-state index in [-0.39, 0.29) is 18.4 Å². The second-order valence-corrected chi connectivity index (χ2v) is 6.60. The van der Waals surface area contributed by atoms with E-state index >= 15 is 0 Å². The molecule has 108 valence electrons. The number of aryl methyl sites for hydroxylation is 2. The van der Waals surface area contributed by atoms with Gasteiger partial charge in [0, 0.05) is 6.04 Å². The minimum absolute atomic E-state index is 0. The number of halogens is 1. The molecule has 1 saturated heterocycles. The van der Waals surface area contributed by atoms with Gasteiger partial charge in [-0.1, -0.05) is 12.1 Å². The summed E-state index contributed by atoms with van der Waals surface area (Å²) in [6.45, 7) is 5.49. The molecule has 1 heterocycles. The monoisotopic (exact) mass is 304 g/mol. The van der Waals surface area contributed by atoms with Crippen LogP contribution in [0.25, 0.3) is 0 Å². The summed E-state index contributed by atoms with van der Waals surface area (Å²) in [6.07, 6.45) is 1.70. The Labute approximate surface area is 121 Å². The lowest BCUT2D eigenvalue weighted by molar-refractivity contribution is 0.427. The van der Waals surface area contributed by atoms with Gasteiger partial charge in [0.2, 0.25) is 10.0 Å². The molecule has 0 unspecified atom stereocenters. The van der Waals surface area contributed by atoms with E-state index in [1.807, 2.05) is 26.0 Å². The molecule has 1 fully saturated rings. The summed E-state index contributed by atoms with van der Waals surface area (Å²) < 4.78 is 27.5. The van der Waals surface area contributed by atoms with Gasteiger partial charge in [0.25, 0.3) is 0 Å². The lowest BCUT2D eigenvalue weighted by Gasteiger charge is -2.24. The zero-order valence-corrected chi connectivity index (χ0v) is 12.9. The van der Waals surface area contributed by atoms with Crippen LogP contribution in [0.3, 0.4) is 0 Å². The third-order valence-corrected chi connectivity index (χ3v) is 4.96. The molecule has 0 aromatic heterocycles. The van der Waals surface area contributed by atoms with Gasteiger partial charge in [-0.2, -0.15) is 0 Å². The van der Waals surface area contributed by atoms with Gasteiger partial charge in [-0.05, 0) is 57.0 Å². The van der Waals surface area contributed by atoms with E-state index in [0.29, 0.717) is 4.90 Å². The number of nitrogens with one attached hydrogen (secondary N) is 2. The van der Waals surface area contributed by atoms with Crippen LogP contribution in [0.15, 0.2) is 23.1 Å². The average molecular weight is 305 g/mol. The van der Waals surface area contributed by atoms with Crippen LogP contribution in [-0.4, -0.2) is 27.5 Å². The van der Waals surface area contributed by atoms with Crippen molar-refractivity contribution in [3.63, 3.8) is 0 Å². The van der Waals surface area contributed by atoms with Crippen LogP contribution in [0.1, 0.15) is 24.0 Å². The molecule has 0 aliphatic carbocycles. The van der Waals surface area contributed by atoms with E-state index in [1.54, 1.807) is 6.07 Å². The Balaban J connectivity index is 0.00000180. The Bertz CT molecular complexity index is 525. The third-order valence-electron chi connectivity index (χ3n) is 3.29. The predicted molar refractivity (Wildman–Crippen MR) is 79.4 cm³/mol. The second-order valence-electron chi connectivity index (χ2n) is 4.91. The Morgan fingerprint density at radius 2 is 1.84 bits per heavy atom. The largest absolute Gasteiger partial charge is 0.317 e. The van der Waals surface area contributed by atoms with Crippen LogP contribution in [0, 0.1) is 13.8 Å².